The van der Waals surface area contributed by atoms with Crippen LogP contribution in [0.1, 0.15) is 51.6 Å². The zero-order valence-corrected chi connectivity index (χ0v) is 13.1. The molecular formula is C17H27NO2. The van der Waals surface area contributed by atoms with Crippen LogP contribution in [-0.4, -0.2) is 25.4 Å². The lowest BCUT2D eigenvalue weighted by atomic mass is 9.89. The number of ether oxygens (including phenoxy) is 2. The first kappa shape index (κ1) is 15.3. The van der Waals surface area contributed by atoms with Crippen LogP contribution in [-0.2, 0) is 4.74 Å². The summed E-state index contributed by atoms with van der Waals surface area (Å²) in [5.41, 5.74) is 1.30. The monoisotopic (exact) mass is 277 g/mol. The molecule has 0 aromatic heterocycles. The molecule has 3 heteroatoms. The number of rotatable bonds is 5. The molecule has 3 unspecified atom stereocenters. The Labute approximate surface area is 122 Å². The molecule has 0 bridgehead atoms. The molecule has 0 spiro atoms. The van der Waals surface area contributed by atoms with E-state index in [-0.39, 0.29) is 5.60 Å². The van der Waals surface area contributed by atoms with Gasteiger partial charge in [0.25, 0.3) is 0 Å². The van der Waals surface area contributed by atoms with Crippen molar-refractivity contribution in [3.63, 3.8) is 0 Å². The van der Waals surface area contributed by atoms with Gasteiger partial charge in [0.1, 0.15) is 5.75 Å². The average molecular weight is 277 g/mol. The quantitative estimate of drug-likeness (QED) is 0.890. The molecule has 3 nitrogen and oxygen atoms in total. The van der Waals surface area contributed by atoms with Crippen LogP contribution >= 0.6 is 0 Å². The van der Waals surface area contributed by atoms with Crippen LogP contribution in [0, 0.1) is 0 Å². The molecule has 1 N–H and O–H groups in total. The molecule has 3 atom stereocenters. The lowest BCUT2D eigenvalue weighted by molar-refractivity contribution is -0.0789. The third-order valence-corrected chi connectivity index (χ3v) is 4.42. The van der Waals surface area contributed by atoms with Gasteiger partial charge in [0.15, 0.2) is 0 Å². The second-order valence-electron chi connectivity index (χ2n) is 6.01. The Hall–Kier alpha value is -1.06. The standard InChI is InChI=1S/C17H27NO2/c1-5-17(3)12-15(9-10-20-17)18-13(2)14-7-6-8-16(11-14)19-4/h6-8,11,13,15,18H,5,9-10,12H2,1-4H3. The predicted molar refractivity (Wildman–Crippen MR) is 82.2 cm³/mol. The molecule has 0 radical (unpaired) electrons. The average Bonchev–Trinajstić information content (AvgIpc) is 2.47. The van der Waals surface area contributed by atoms with Crippen LogP contribution in [0.15, 0.2) is 24.3 Å². The molecule has 0 saturated carbocycles. The van der Waals surface area contributed by atoms with Crippen molar-refractivity contribution in [2.45, 2.75) is 57.7 Å². The molecule has 112 valence electrons. The summed E-state index contributed by atoms with van der Waals surface area (Å²) in [6.07, 6.45) is 3.24. The Morgan fingerprint density at radius 2 is 2.30 bits per heavy atom. The first-order chi connectivity index (χ1) is 9.56. The summed E-state index contributed by atoms with van der Waals surface area (Å²) in [4.78, 5) is 0. The zero-order chi connectivity index (χ0) is 14.6. The van der Waals surface area contributed by atoms with Crippen LogP contribution in [0.25, 0.3) is 0 Å². The van der Waals surface area contributed by atoms with Crippen molar-refractivity contribution >= 4 is 0 Å². The zero-order valence-electron chi connectivity index (χ0n) is 13.1. The van der Waals surface area contributed by atoms with Gasteiger partial charge in [-0.05, 0) is 50.8 Å². The summed E-state index contributed by atoms with van der Waals surface area (Å²) in [6.45, 7) is 7.49. The van der Waals surface area contributed by atoms with Crippen molar-refractivity contribution in [3.05, 3.63) is 29.8 Å². The summed E-state index contributed by atoms with van der Waals surface area (Å²) in [7, 11) is 1.71. The van der Waals surface area contributed by atoms with E-state index in [1.807, 2.05) is 12.1 Å². The summed E-state index contributed by atoms with van der Waals surface area (Å²) < 4.78 is 11.2. The first-order valence-corrected chi connectivity index (χ1v) is 7.60. The molecule has 20 heavy (non-hydrogen) atoms. The largest absolute Gasteiger partial charge is 0.497 e. The van der Waals surface area contributed by atoms with Gasteiger partial charge in [-0.2, -0.15) is 0 Å². The van der Waals surface area contributed by atoms with Crippen LogP contribution in [0.4, 0.5) is 0 Å². The third-order valence-electron chi connectivity index (χ3n) is 4.42. The minimum atomic E-state index is 0.0318. The van der Waals surface area contributed by atoms with Gasteiger partial charge in [0, 0.05) is 18.7 Å². The summed E-state index contributed by atoms with van der Waals surface area (Å²) >= 11 is 0. The molecule has 1 heterocycles. The molecule has 2 rings (SSSR count). The van der Waals surface area contributed by atoms with Gasteiger partial charge in [0.05, 0.1) is 12.7 Å². The Morgan fingerprint density at radius 1 is 1.50 bits per heavy atom. The van der Waals surface area contributed by atoms with E-state index in [1.165, 1.54) is 5.56 Å². The van der Waals surface area contributed by atoms with Crippen LogP contribution in [0.3, 0.4) is 0 Å². The van der Waals surface area contributed by atoms with E-state index in [2.05, 4.69) is 38.2 Å². The number of hydrogen-bond donors (Lipinski definition) is 1. The molecule has 0 aliphatic carbocycles. The van der Waals surface area contributed by atoms with Gasteiger partial charge in [-0.15, -0.1) is 0 Å². The number of benzene rings is 1. The number of methoxy groups -OCH3 is 1. The first-order valence-electron chi connectivity index (χ1n) is 7.60. The SMILES string of the molecule is CCC1(C)CC(NC(C)c2cccc(OC)c2)CCO1. The highest BCUT2D eigenvalue weighted by molar-refractivity contribution is 5.30. The van der Waals surface area contributed by atoms with Crippen molar-refractivity contribution in [2.75, 3.05) is 13.7 Å². The minimum Gasteiger partial charge on any atom is -0.497 e. The van der Waals surface area contributed by atoms with Crippen LogP contribution in [0.2, 0.25) is 0 Å². The normalized spacial score (nSPS) is 28.1. The minimum absolute atomic E-state index is 0.0318. The van der Waals surface area contributed by atoms with Crippen LogP contribution < -0.4 is 10.1 Å². The third kappa shape index (κ3) is 3.74. The van der Waals surface area contributed by atoms with Gasteiger partial charge < -0.3 is 14.8 Å². The van der Waals surface area contributed by atoms with Gasteiger partial charge in [-0.3, -0.25) is 0 Å². The number of nitrogens with one attached hydrogen (secondary N) is 1. The molecular weight excluding hydrogens is 250 g/mol. The fourth-order valence-corrected chi connectivity index (χ4v) is 2.88. The molecule has 1 fully saturated rings. The Kier molecular flexibility index (Phi) is 5.06. The van der Waals surface area contributed by atoms with Crippen LogP contribution in [0.5, 0.6) is 5.75 Å². The second-order valence-corrected chi connectivity index (χ2v) is 6.01. The lowest BCUT2D eigenvalue weighted by Gasteiger charge is -2.39. The van der Waals surface area contributed by atoms with E-state index in [0.29, 0.717) is 12.1 Å². The Bertz CT molecular complexity index is 435. The van der Waals surface area contributed by atoms with E-state index < -0.39 is 0 Å². The fraction of sp³-hybridized carbons (Fsp3) is 0.647. The second kappa shape index (κ2) is 6.59. The van der Waals surface area contributed by atoms with Crippen molar-refractivity contribution in [1.82, 2.24) is 5.32 Å². The molecule has 1 aromatic carbocycles. The molecule has 1 saturated heterocycles. The molecule has 1 aliphatic heterocycles. The van der Waals surface area contributed by atoms with E-state index >= 15 is 0 Å². The highest BCUT2D eigenvalue weighted by Crippen LogP contribution is 2.29. The maximum atomic E-state index is 5.91. The summed E-state index contributed by atoms with van der Waals surface area (Å²) in [5.74, 6) is 0.918. The highest BCUT2D eigenvalue weighted by Gasteiger charge is 2.32. The molecule has 1 aliphatic rings. The molecule has 0 amide bonds. The smallest absolute Gasteiger partial charge is 0.119 e. The molecule has 1 aromatic rings. The Balaban J connectivity index is 1.98. The predicted octanol–water partition coefficient (Wildman–Crippen LogP) is 3.69. The Morgan fingerprint density at radius 3 is 3.00 bits per heavy atom. The van der Waals surface area contributed by atoms with Crippen molar-refractivity contribution in [3.8, 4) is 5.75 Å². The maximum Gasteiger partial charge on any atom is 0.119 e. The topological polar surface area (TPSA) is 30.5 Å². The van der Waals surface area contributed by atoms with E-state index in [1.54, 1.807) is 7.11 Å². The van der Waals surface area contributed by atoms with Gasteiger partial charge in [-0.25, -0.2) is 0 Å². The van der Waals surface area contributed by atoms with E-state index in [9.17, 15) is 0 Å². The number of hydrogen-bond acceptors (Lipinski definition) is 3. The van der Waals surface area contributed by atoms with Crippen molar-refractivity contribution in [2.24, 2.45) is 0 Å². The lowest BCUT2D eigenvalue weighted by Crippen LogP contribution is -2.45. The van der Waals surface area contributed by atoms with Gasteiger partial charge in [0.2, 0.25) is 0 Å². The summed E-state index contributed by atoms with van der Waals surface area (Å²) in [5, 5.41) is 3.74. The maximum absolute atomic E-state index is 5.91. The summed E-state index contributed by atoms with van der Waals surface area (Å²) in [6, 6.07) is 9.14. The van der Waals surface area contributed by atoms with E-state index in [0.717, 1.165) is 31.6 Å². The van der Waals surface area contributed by atoms with E-state index in [4.69, 9.17) is 9.47 Å². The highest BCUT2D eigenvalue weighted by atomic mass is 16.5. The van der Waals surface area contributed by atoms with Gasteiger partial charge in [-0.1, -0.05) is 19.1 Å². The fourth-order valence-electron chi connectivity index (χ4n) is 2.88. The van der Waals surface area contributed by atoms with Crippen molar-refractivity contribution < 1.29 is 9.47 Å². The van der Waals surface area contributed by atoms with Gasteiger partial charge >= 0.3 is 0 Å². The van der Waals surface area contributed by atoms with Crippen molar-refractivity contribution in [1.29, 1.82) is 0 Å².